The summed E-state index contributed by atoms with van der Waals surface area (Å²) in [6, 6.07) is 11.7. The number of nitrogens with zero attached hydrogens (tertiary/aromatic N) is 4. The Morgan fingerprint density at radius 1 is 1.10 bits per heavy atom. The summed E-state index contributed by atoms with van der Waals surface area (Å²) in [7, 11) is 1.68. The smallest absolute Gasteiger partial charge is 0.256 e. The minimum absolute atomic E-state index is 0.0123. The minimum Gasteiger partial charge on any atom is -0.360 e. The molecule has 0 spiro atoms. The van der Waals surface area contributed by atoms with Crippen LogP contribution in [0.25, 0.3) is 10.9 Å². The Balaban J connectivity index is 1.31. The number of hydrogen-bond acceptors (Lipinski definition) is 4. The summed E-state index contributed by atoms with van der Waals surface area (Å²) in [4.78, 5) is 38.5. The highest BCUT2D eigenvalue weighted by atomic mass is 16.2. The van der Waals surface area contributed by atoms with Crippen LogP contribution in [0.4, 0.5) is 0 Å². The first-order valence-electron chi connectivity index (χ1n) is 9.82. The van der Waals surface area contributed by atoms with Crippen LogP contribution in [0.2, 0.25) is 0 Å². The predicted molar refractivity (Wildman–Crippen MR) is 111 cm³/mol. The number of pyridine rings is 1. The van der Waals surface area contributed by atoms with Crippen molar-refractivity contribution in [1.82, 2.24) is 24.7 Å². The van der Waals surface area contributed by atoms with Gasteiger partial charge in [0.2, 0.25) is 5.91 Å². The Bertz CT molecular complexity index is 993. The molecule has 4 rings (SSSR count). The molecule has 7 heteroatoms. The van der Waals surface area contributed by atoms with E-state index in [1.807, 2.05) is 41.4 Å². The van der Waals surface area contributed by atoms with E-state index in [1.165, 1.54) is 10.5 Å². The van der Waals surface area contributed by atoms with Crippen molar-refractivity contribution >= 4 is 22.7 Å². The van der Waals surface area contributed by atoms with Crippen molar-refractivity contribution in [3.8, 4) is 0 Å². The molecule has 0 radical (unpaired) electrons. The van der Waals surface area contributed by atoms with Crippen molar-refractivity contribution in [3.63, 3.8) is 0 Å². The number of benzene rings is 1. The van der Waals surface area contributed by atoms with Crippen molar-refractivity contribution in [2.75, 3.05) is 39.8 Å². The number of nitrogens with one attached hydrogen (secondary N) is 1. The zero-order chi connectivity index (χ0) is 20.2. The summed E-state index contributed by atoms with van der Waals surface area (Å²) in [5.74, 6) is -0.160. The number of aromatic nitrogens is 2. The number of carbonyl (C=O) groups excluding carboxylic acids is 2. The molecule has 150 valence electrons. The van der Waals surface area contributed by atoms with E-state index < -0.39 is 0 Å². The molecule has 0 unspecified atom stereocenters. The topological polar surface area (TPSA) is 72.5 Å². The van der Waals surface area contributed by atoms with E-state index in [0.29, 0.717) is 18.7 Å². The SMILES string of the molecule is CN(CC(=O)N1CCN(Cc2cccnc2)CC1)C(=O)c1c[nH]c2ccccc12. The van der Waals surface area contributed by atoms with Gasteiger partial charge in [-0.15, -0.1) is 0 Å². The van der Waals surface area contributed by atoms with Crippen LogP contribution in [0.5, 0.6) is 0 Å². The van der Waals surface area contributed by atoms with E-state index in [-0.39, 0.29) is 18.4 Å². The van der Waals surface area contributed by atoms with Crippen molar-refractivity contribution in [2.45, 2.75) is 6.54 Å². The van der Waals surface area contributed by atoms with Gasteiger partial charge in [-0.05, 0) is 17.7 Å². The normalized spacial score (nSPS) is 14.9. The Morgan fingerprint density at radius 3 is 2.66 bits per heavy atom. The summed E-state index contributed by atoms with van der Waals surface area (Å²) in [5, 5.41) is 0.876. The molecule has 0 atom stereocenters. The van der Waals surface area contributed by atoms with Gasteiger partial charge >= 0.3 is 0 Å². The maximum absolute atomic E-state index is 12.8. The number of likely N-dealkylation sites (N-methyl/N-ethyl adjacent to an activating group) is 1. The van der Waals surface area contributed by atoms with Crippen molar-refractivity contribution in [2.24, 2.45) is 0 Å². The van der Waals surface area contributed by atoms with Crippen LogP contribution in [0.1, 0.15) is 15.9 Å². The number of carbonyl (C=O) groups is 2. The highest BCUT2D eigenvalue weighted by Crippen LogP contribution is 2.19. The number of aromatic amines is 1. The summed E-state index contributed by atoms with van der Waals surface area (Å²) in [5.41, 5.74) is 2.69. The second kappa shape index (κ2) is 8.45. The second-order valence-electron chi connectivity index (χ2n) is 7.43. The molecule has 29 heavy (non-hydrogen) atoms. The maximum atomic E-state index is 12.8. The maximum Gasteiger partial charge on any atom is 0.256 e. The van der Waals surface area contributed by atoms with Gasteiger partial charge in [0.1, 0.15) is 0 Å². The molecular formula is C22H25N5O2. The summed E-state index contributed by atoms with van der Waals surface area (Å²) in [6.45, 7) is 3.92. The molecule has 2 amide bonds. The highest BCUT2D eigenvalue weighted by molar-refractivity contribution is 6.07. The van der Waals surface area contributed by atoms with Crippen LogP contribution in [0, 0.1) is 0 Å². The van der Waals surface area contributed by atoms with Gasteiger partial charge in [-0.1, -0.05) is 24.3 Å². The van der Waals surface area contributed by atoms with E-state index in [9.17, 15) is 9.59 Å². The van der Waals surface area contributed by atoms with Gasteiger partial charge in [-0.2, -0.15) is 0 Å². The van der Waals surface area contributed by atoms with Gasteiger partial charge in [0.25, 0.3) is 5.91 Å². The molecule has 0 saturated carbocycles. The zero-order valence-corrected chi connectivity index (χ0v) is 16.5. The van der Waals surface area contributed by atoms with Crippen LogP contribution in [-0.4, -0.2) is 76.3 Å². The largest absolute Gasteiger partial charge is 0.360 e. The van der Waals surface area contributed by atoms with Crippen LogP contribution in [-0.2, 0) is 11.3 Å². The molecule has 1 aliphatic rings. The van der Waals surface area contributed by atoms with Crippen LogP contribution < -0.4 is 0 Å². The fourth-order valence-electron chi connectivity index (χ4n) is 3.73. The first kappa shape index (κ1) is 19.1. The fourth-order valence-corrected chi connectivity index (χ4v) is 3.73. The molecule has 3 aromatic rings. The average molecular weight is 391 g/mol. The predicted octanol–water partition coefficient (Wildman–Crippen LogP) is 1.98. The van der Waals surface area contributed by atoms with E-state index in [4.69, 9.17) is 0 Å². The molecule has 1 saturated heterocycles. The van der Waals surface area contributed by atoms with Crippen molar-refractivity contribution in [1.29, 1.82) is 0 Å². The van der Waals surface area contributed by atoms with Gasteiger partial charge in [0.05, 0.1) is 12.1 Å². The van der Waals surface area contributed by atoms with Gasteiger partial charge < -0.3 is 14.8 Å². The second-order valence-corrected chi connectivity index (χ2v) is 7.43. The number of fused-ring (bicyclic) bond motifs is 1. The van der Waals surface area contributed by atoms with Crippen LogP contribution >= 0.6 is 0 Å². The molecule has 0 aliphatic carbocycles. The summed E-state index contributed by atoms with van der Waals surface area (Å²) in [6.07, 6.45) is 5.36. The lowest BCUT2D eigenvalue weighted by Crippen LogP contribution is -2.51. The molecule has 2 aromatic heterocycles. The molecule has 7 nitrogen and oxygen atoms in total. The first-order valence-corrected chi connectivity index (χ1v) is 9.82. The lowest BCUT2D eigenvalue weighted by atomic mass is 10.1. The molecule has 0 bridgehead atoms. The number of para-hydroxylation sites is 1. The fraction of sp³-hybridized carbons (Fsp3) is 0.318. The Hall–Kier alpha value is -3.19. The van der Waals surface area contributed by atoms with Gasteiger partial charge in [0, 0.05) is 69.3 Å². The Kier molecular flexibility index (Phi) is 5.57. The lowest BCUT2D eigenvalue weighted by molar-refractivity contribution is -0.133. The molecule has 1 aromatic carbocycles. The third-order valence-electron chi connectivity index (χ3n) is 5.39. The third kappa shape index (κ3) is 4.30. The number of amides is 2. The number of piperazine rings is 1. The average Bonchev–Trinajstić information content (AvgIpc) is 3.18. The summed E-state index contributed by atoms with van der Waals surface area (Å²) >= 11 is 0. The monoisotopic (exact) mass is 391 g/mol. The van der Waals surface area contributed by atoms with E-state index in [1.54, 1.807) is 19.4 Å². The number of hydrogen-bond donors (Lipinski definition) is 1. The minimum atomic E-state index is -0.147. The highest BCUT2D eigenvalue weighted by Gasteiger charge is 2.24. The molecule has 3 heterocycles. The van der Waals surface area contributed by atoms with Gasteiger partial charge in [-0.3, -0.25) is 19.5 Å². The van der Waals surface area contributed by atoms with E-state index >= 15 is 0 Å². The lowest BCUT2D eigenvalue weighted by Gasteiger charge is -2.35. The number of H-pyrrole nitrogens is 1. The van der Waals surface area contributed by atoms with Crippen molar-refractivity contribution in [3.05, 3.63) is 66.1 Å². The van der Waals surface area contributed by atoms with Gasteiger partial charge in [0.15, 0.2) is 0 Å². The van der Waals surface area contributed by atoms with Crippen LogP contribution in [0.15, 0.2) is 55.0 Å². The van der Waals surface area contributed by atoms with E-state index in [2.05, 4.69) is 20.9 Å². The van der Waals surface area contributed by atoms with Crippen LogP contribution in [0.3, 0.4) is 0 Å². The molecule has 1 N–H and O–H groups in total. The van der Waals surface area contributed by atoms with Gasteiger partial charge in [-0.25, -0.2) is 0 Å². The zero-order valence-electron chi connectivity index (χ0n) is 16.5. The Morgan fingerprint density at radius 2 is 1.90 bits per heavy atom. The molecule has 1 aliphatic heterocycles. The first-order chi connectivity index (χ1) is 14.1. The van der Waals surface area contributed by atoms with Crippen molar-refractivity contribution < 1.29 is 9.59 Å². The summed E-state index contributed by atoms with van der Waals surface area (Å²) < 4.78 is 0. The number of rotatable bonds is 5. The molecule has 1 fully saturated rings. The quantitative estimate of drug-likeness (QED) is 0.722. The standard InChI is InChI=1S/C22H25N5O2/c1-25(22(29)19-14-24-20-7-3-2-6-18(19)20)16-21(28)27-11-9-26(10-12-27)15-17-5-4-8-23-13-17/h2-8,13-14,24H,9-12,15-16H2,1H3. The molecular weight excluding hydrogens is 366 g/mol. The Labute approximate surface area is 169 Å². The van der Waals surface area contributed by atoms with E-state index in [0.717, 1.165) is 30.5 Å². The third-order valence-corrected chi connectivity index (χ3v) is 5.39.